The first kappa shape index (κ1) is 50.3. The van der Waals surface area contributed by atoms with Crippen LogP contribution in [-0.4, -0.2) is 80.4 Å². The van der Waals surface area contributed by atoms with Gasteiger partial charge in [0.2, 0.25) is 5.78 Å². The molecule has 9 rings (SSSR count). The Kier molecular flexibility index (Phi) is 17.6. The molecule has 13 nitrogen and oxygen atoms in total. The topological polar surface area (TPSA) is 187 Å². The molecule has 14 heteroatoms. The fourth-order valence-electron chi connectivity index (χ4n) is 7.56. The number of anilines is 1. The summed E-state index contributed by atoms with van der Waals surface area (Å²) in [6.07, 6.45) is 1.63. The molecule has 9 aromatic rings. The van der Waals surface area contributed by atoms with Crippen molar-refractivity contribution in [1.29, 1.82) is 0 Å². The number of ketones is 3. The van der Waals surface area contributed by atoms with Crippen LogP contribution in [0.25, 0.3) is 54.4 Å². The van der Waals surface area contributed by atoms with Gasteiger partial charge in [-0.05, 0) is 70.1 Å². The van der Waals surface area contributed by atoms with Crippen molar-refractivity contribution in [3.05, 3.63) is 168 Å². The zero-order valence-electron chi connectivity index (χ0n) is 38.5. The van der Waals surface area contributed by atoms with Gasteiger partial charge in [0.25, 0.3) is 6.01 Å². The Bertz CT molecular complexity index is 3180. The van der Waals surface area contributed by atoms with E-state index >= 15 is 0 Å². The van der Waals surface area contributed by atoms with E-state index in [2.05, 4.69) is 20.9 Å². The molecule has 1 aromatic heterocycles. The summed E-state index contributed by atoms with van der Waals surface area (Å²) in [5.74, 6) is 2.83. The second-order valence-corrected chi connectivity index (χ2v) is 15.4. The van der Waals surface area contributed by atoms with Crippen LogP contribution in [0.3, 0.4) is 0 Å². The highest BCUT2D eigenvalue weighted by Gasteiger charge is 2.16. The zero-order chi connectivity index (χ0) is 49.5. The standard InChI is InChI=1S/C15H14O4.C14H12N2O2.C13H11BrO2.C13H12O3/c1-10(16)19-9-14(17)12-7-8-15(18-2)13-6-4-3-5-11(12)13;1-17-12-7-6-11(13-8-16-14(15)18-13)9-4-2-3-5-10(9)12;2*1-16-13-7-6-10(12(15)8-14)9-4-2-3-5-11(9)13/h3-8H,9H2,1-2H3;2-8H,1H3,(H2,15,16);2-7H,8H2,1H3;2-7,14H,8H2,1H3. The highest BCUT2D eigenvalue weighted by molar-refractivity contribution is 9.09. The number of aliphatic hydroxyl groups is 1. The molecule has 0 spiro atoms. The van der Waals surface area contributed by atoms with Crippen molar-refractivity contribution in [2.45, 2.75) is 6.92 Å². The number of hydrogen-bond donors (Lipinski definition) is 2. The van der Waals surface area contributed by atoms with Gasteiger partial charge in [0.1, 0.15) is 29.6 Å². The number of esters is 1. The Morgan fingerprint density at radius 2 is 0.884 bits per heavy atom. The summed E-state index contributed by atoms with van der Waals surface area (Å²) in [5.41, 5.74) is 8.25. The van der Waals surface area contributed by atoms with Crippen molar-refractivity contribution < 1.29 is 52.4 Å². The summed E-state index contributed by atoms with van der Waals surface area (Å²) in [4.78, 5) is 50.0. The summed E-state index contributed by atoms with van der Waals surface area (Å²) in [6.45, 7) is 0.557. The Hall–Kier alpha value is -8.07. The van der Waals surface area contributed by atoms with Crippen LogP contribution >= 0.6 is 15.9 Å². The average molecular weight is 994 g/mol. The number of benzene rings is 8. The second kappa shape index (κ2) is 24.1. The molecular formula is C55H49BrN2O11. The molecule has 0 aliphatic carbocycles. The molecule has 352 valence electrons. The van der Waals surface area contributed by atoms with Crippen LogP contribution < -0.4 is 24.7 Å². The lowest BCUT2D eigenvalue weighted by Gasteiger charge is -2.09. The maximum Gasteiger partial charge on any atom is 0.303 e. The number of halogens is 1. The van der Waals surface area contributed by atoms with E-state index in [4.69, 9.17) is 38.9 Å². The molecule has 0 unspecified atom stereocenters. The zero-order valence-corrected chi connectivity index (χ0v) is 40.1. The number of methoxy groups -OCH3 is 4. The lowest BCUT2D eigenvalue weighted by atomic mass is 10.0. The fourth-order valence-corrected chi connectivity index (χ4v) is 7.86. The summed E-state index contributed by atoms with van der Waals surface area (Å²) in [5, 5.41) is 16.6. The predicted octanol–water partition coefficient (Wildman–Crippen LogP) is 11.1. The Labute approximate surface area is 406 Å². The van der Waals surface area contributed by atoms with Crippen molar-refractivity contribution in [2.75, 3.05) is 52.7 Å². The van der Waals surface area contributed by atoms with E-state index in [1.54, 1.807) is 58.9 Å². The summed E-state index contributed by atoms with van der Waals surface area (Å²) in [6, 6.07) is 45.2. The molecule has 1 heterocycles. The molecule has 0 saturated heterocycles. The van der Waals surface area contributed by atoms with E-state index in [1.165, 1.54) is 6.92 Å². The molecular weight excluding hydrogens is 945 g/mol. The highest BCUT2D eigenvalue weighted by Crippen LogP contribution is 2.35. The number of nitrogen functional groups attached to an aromatic ring is 1. The number of aliphatic hydroxyl groups excluding tert-OH is 1. The molecule has 3 N–H and O–H groups in total. The van der Waals surface area contributed by atoms with Gasteiger partial charge < -0.3 is 38.9 Å². The largest absolute Gasteiger partial charge is 0.496 e. The van der Waals surface area contributed by atoms with Crippen molar-refractivity contribution in [3.63, 3.8) is 0 Å². The fraction of sp³-hybridized carbons (Fsp3) is 0.145. The number of alkyl halides is 1. The van der Waals surface area contributed by atoms with Crippen molar-refractivity contribution >= 4 is 88.4 Å². The molecule has 0 bridgehead atoms. The lowest BCUT2D eigenvalue weighted by molar-refractivity contribution is -0.139. The van der Waals surface area contributed by atoms with Crippen LogP contribution in [0.4, 0.5) is 6.01 Å². The van der Waals surface area contributed by atoms with Gasteiger partial charge in [-0.15, -0.1) is 0 Å². The van der Waals surface area contributed by atoms with Gasteiger partial charge in [-0.2, -0.15) is 0 Å². The van der Waals surface area contributed by atoms with Gasteiger partial charge in [-0.1, -0.05) is 113 Å². The Morgan fingerprint density at radius 1 is 0.522 bits per heavy atom. The quantitative estimate of drug-likeness (QED) is 0.0669. The Morgan fingerprint density at radius 3 is 1.25 bits per heavy atom. The first-order valence-electron chi connectivity index (χ1n) is 21.3. The van der Waals surface area contributed by atoms with Gasteiger partial charge in [-0.3, -0.25) is 19.2 Å². The lowest BCUT2D eigenvalue weighted by Crippen LogP contribution is -2.12. The summed E-state index contributed by atoms with van der Waals surface area (Å²) < 4.78 is 31.2. The smallest absolute Gasteiger partial charge is 0.303 e. The monoisotopic (exact) mass is 992 g/mol. The van der Waals surface area contributed by atoms with Crippen molar-refractivity contribution in [3.8, 4) is 34.3 Å². The first-order chi connectivity index (χ1) is 33.5. The van der Waals surface area contributed by atoms with Gasteiger partial charge in [-0.25, -0.2) is 4.98 Å². The van der Waals surface area contributed by atoms with E-state index in [0.29, 0.717) is 28.0 Å². The van der Waals surface area contributed by atoms with Crippen molar-refractivity contribution in [1.82, 2.24) is 4.98 Å². The van der Waals surface area contributed by atoms with E-state index < -0.39 is 12.6 Å². The molecule has 0 atom stereocenters. The molecule has 0 amide bonds. The van der Waals surface area contributed by atoms with E-state index in [1.807, 2.05) is 121 Å². The van der Waals surface area contributed by atoms with Crippen LogP contribution in [0.2, 0.25) is 0 Å². The van der Waals surface area contributed by atoms with E-state index in [-0.39, 0.29) is 30.0 Å². The number of nitrogens with two attached hydrogens (primary N) is 1. The minimum absolute atomic E-state index is 0.0823. The number of ether oxygens (including phenoxy) is 5. The molecule has 0 saturated carbocycles. The van der Waals surface area contributed by atoms with Crippen molar-refractivity contribution in [2.24, 2.45) is 0 Å². The molecule has 69 heavy (non-hydrogen) atoms. The van der Waals surface area contributed by atoms with E-state index in [9.17, 15) is 19.2 Å². The minimum Gasteiger partial charge on any atom is -0.496 e. The van der Waals surface area contributed by atoms with Crippen LogP contribution in [0.15, 0.2) is 156 Å². The molecule has 0 aliphatic rings. The highest BCUT2D eigenvalue weighted by atomic mass is 79.9. The second-order valence-electron chi connectivity index (χ2n) is 14.8. The van der Waals surface area contributed by atoms with Gasteiger partial charge in [0.05, 0.1) is 40.0 Å². The number of aromatic nitrogens is 1. The number of carbonyl (C=O) groups excluding carboxylic acids is 4. The maximum atomic E-state index is 12.0. The number of carbonyl (C=O) groups is 4. The van der Waals surface area contributed by atoms with Gasteiger partial charge in [0, 0.05) is 50.7 Å². The van der Waals surface area contributed by atoms with Gasteiger partial charge >= 0.3 is 5.97 Å². The third kappa shape index (κ3) is 11.9. The number of hydrogen-bond acceptors (Lipinski definition) is 13. The summed E-state index contributed by atoms with van der Waals surface area (Å²) in [7, 11) is 6.47. The average Bonchev–Trinajstić information content (AvgIpc) is 3.84. The number of Topliss-reactive ketones (excluding diaryl/α,β-unsaturated/α-hetero) is 3. The SMILES string of the molecule is COc1ccc(-c2cnc(N)o2)c2ccccc12.COc1ccc(C(=O)CBr)c2ccccc12.COc1ccc(C(=O)CO)c2ccccc12.COc1ccc(C(=O)COC(C)=O)c2ccccc12. The minimum atomic E-state index is -0.476. The molecule has 0 radical (unpaired) electrons. The molecule has 8 aromatic carbocycles. The van der Waals surface area contributed by atoms with Crippen LogP contribution in [0.1, 0.15) is 38.0 Å². The number of rotatable bonds is 12. The van der Waals surface area contributed by atoms with Crippen LogP contribution in [0, 0.1) is 0 Å². The first-order valence-corrected chi connectivity index (χ1v) is 22.4. The molecule has 0 fully saturated rings. The van der Waals surface area contributed by atoms with Crippen LogP contribution in [-0.2, 0) is 9.53 Å². The number of nitrogens with zero attached hydrogens (tertiary/aromatic N) is 1. The third-order valence-electron chi connectivity index (χ3n) is 10.8. The number of fused-ring (bicyclic) bond motifs is 4. The molecule has 0 aliphatic heterocycles. The number of oxazole rings is 1. The van der Waals surface area contributed by atoms with Crippen LogP contribution in [0.5, 0.6) is 23.0 Å². The van der Waals surface area contributed by atoms with E-state index in [0.717, 1.165) is 71.5 Å². The normalized spacial score (nSPS) is 10.4. The summed E-state index contributed by atoms with van der Waals surface area (Å²) >= 11 is 3.19. The Balaban J connectivity index is 0.000000152. The maximum absolute atomic E-state index is 12.0. The predicted molar refractivity (Wildman–Crippen MR) is 272 cm³/mol. The van der Waals surface area contributed by atoms with Gasteiger partial charge in [0.15, 0.2) is 23.9 Å². The third-order valence-corrected chi connectivity index (χ3v) is 11.3.